The van der Waals surface area contributed by atoms with E-state index in [1.54, 1.807) is 0 Å². The molecule has 2 nitrogen and oxygen atoms in total. The van der Waals surface area contributed by atoms with Crippen LogP contribution < -0.4 is 0 Å². The van der Waals surface area contributed by atoms with E-state index in [2.05, 4.69) is 36.2 Å². The fraction of sp³-hybridized carbons (Fsp3) is 0.500. The van der Waals surface area contributed by atoms with Gasteiger partial charge in [0.15, 0.2) is 0 Å². The molecular formula is C14H18N2. The largest absolute Gasteiger partial charge is 0.342 e. The summed E-state index contributed by atoms with van der Waals surface area (Å²) in [6, 6.07) is 8.31. The molecule has 1 aromatic carbocycles. The van der Waals surface area contributed by atoms with E-state index >= 15 is 0 Å². The zero-order chi connectivity index (χ0) is 11.0. The highest BCUT2D eigenvalue weighted by Gasteiger charge is 2.31. The third-order valence-corrected chi connectivity index (χ3v) is 3.92. The Balaban J connectivity index is 2.04. The fourth-order valence-corrected chi connectivity index (χ4v) is 2.81. The highest BCUT2D eigenvalue weighted by atomic mass is 14.9. The molecule has 16 heavy (non-hydrogen) atoms. The van der Waals surface area contributed by atoms with Crippen molar-refractivity contribution in [2.75, 3.05) is 0 Å². The van der Waals surface area contributed by atoms with Crippen LogP contribution in [0.3, 0.4) is 0 Å². The quantitative estimate of drug-likeness (QED) is 0.768. The summed E-state index contributed by atoms with van der Waals surface area (Å²) in [5, 5.41) is 0. The van der Waals surface area contributed by atoms with Crippen LogP contribution in [-0.4, -0.2) is 9.97 Å². The first-order valence-corrected chi connectivity index (χ1v) is 6.23. The maximum Gasteiger partial charge on any atom is 0.113 e. The molecule has 1 heterocycles. The van der Waals surface area contributed by atoms with Gasteiger partial charge in [0, 0.05) is 5.41 Å². The van der Waals surface area contributed by atoms with Crippen LogP contribution in [0.1, 0.15) is 44.9 Å². The van der Waals surface area contributed by atoms with Gasteiger partial charge in [0.05, 0.1) is 11.0 Å². The Bertz CT molecular complexity index is 459. The van der Waals surface area contributed by atoms with Gasteiger partial charge in [-0.2, -0.15) is 0 Å². The van der Waals surface area contributed by atoms with Crippen LogP contribution in [0, 0.1) is 0 Å². The summed E-state index contributed by atoms with van der Waals surface area (Å²) in [4.78, 5) is 8.25. The summed E-state index contributed by atoms with van der Waals surface area (Å²) in [5.41, 5.74) is 2.55. The number of hydrogen-bond acceptors (Lipinski definition) is 1. The summed E-state index contributed by atoms with van der Waals surface area (Å²) >= 11 is 0. The number of hydrogen-bond donors (Lipinski definition) is 1. The lowest BCUT2D eigenvalue weighted by Gasteiger charge is -2.31. The minimum atomic E-state index is 0.275. The van der Waals surface area contributed by atoms with Crippen LogP contribution in [-0.2, 0) is 5.41 Å². The number of nitrogens with one attached hydrogen (secondary N) is 1. The third-order valence-electron chi connectivity index (χ3n) is 3.92. The minimum absolute atomic E-state index is 0.275. The number of benzene rings is 1. The number of H-pyrrole nitrogens is 1. The van der Waals surface area contributed by atoms with Crippen molar-refractivity contribution in [1.82, 2.24) is 9.97 Å². The summed E-state index contributed by atoms with van der Waals surface area (Å²) in [6.45, 7) is 2.35. The molecule has 2 aromatic rings. The Morgan fingerprint density at radius 3 is 2.62 bits per heavy atom. The van der Waals surface area contributed by atoms with Crippen molar-refractivity contribution < 1.29 is 0 Å². The zero-order valence-electron chi connectivity index (χ0n) is 9.79. The number of fused-ring (bicyclic) bond motifs is 1. The first-order valence-electron chi connectivity index (χ1n) is 6.23. The second-order valence-electron chi connectivity index (χ2n) is 5.22. The Labute approximate surface area is 96.1 Å². The molecule has 0 atom stereocenters. The van der Waals surface area contributed by atoms with Gasteiger partial charge in [0.1, 0.15) is 5.82 Å². The van der Waals surface area contributed by atoms with E-state index in [0.29, 0.717) is 0 Å². The average Bonchev–Trinajstić information content (AvgIpc) is 2.74. The first kappa shape index (κ1) is 9.88. The third kappa shape index (κ3) is 1.53. The van der Waals surface area contributed by atoms with Crippen LogP contribution in [0.2, 0.25) is 0 Å². The van der Waals surface area contributed by atoms with E-state index in [-0.39, 0.29) is 5.41 Å². The van der Waals surface area contributed by atoms with Crippen molar-refractivity contribution in [3.63, 3.8) is 0 Å². The fourth-order valence-electron chi connectivity index (χ4n) is 2.81. The van der Waals surface area contributed by atoms with Gasteiger partial charge in [-0.1, -0.05) is 38.3 Å². The van der Waals surface area contributed by atoms with Crippen LogP contribution in [0.4, 0.5) is 0 Å². The molecule has 2 heteroatoms. The summed E-state index contributed by atoms with van der Waals surface area (Å²) < 4.78 is 0. The van der Waals surface area contributed by atoms with Gasteiger partial charge in [-0.3, -0.25) is 0 Å². The number of nitrogens with zero attached hydrogens (tertiary/aromatic N) is 1. The van der Waals surface area contributed by atoms with E-state index in [1.807, 2.05) is 0 Å². The molecule has 0 spiro atoms. The minimum Gasteiger partial charge on any atom is -0.342 e. The van der Waals surface area contributed by atoms with Crippen molar-refractivity contribution >= 4 is 11.0 Å². The topological polar surface area (TPSA) is 28.7 Å². The van der Waals surface area contributed by atoms with Crippen LogP contribution in [0.15, 0.2) is 24.3 Å². The van der Waals surface area contributed by atoms with Gasteiger partial charge in [-0.15, -0.1) is 0 Å². The van der Waals surface area contributed by atoms with Gasteiger partial charge >= 0.3 is 0 Å². The van der Waals surface area contributed by atoms with Gasteiger partial charge in [-0.25, -0.2) is 4.98 Å². The van der Waals surface area contributed by atoms with Crippen molar-refractivity contribution in [1.29, 1.82) is 0 Å². The standard InChI is InChI=1S/C14H18N2/c1-14(9-5-2-6-10-14)13-15-11-7-3-4-8-12(11)16-13/h3-4,7-8H,2,5-6,9-10H2,1H3,(H,15,16). The Kier molecular flexibility index (Phi) is 2.23. The lowest BCUT2D eigenvalue weighted by atomic mass is 9.75. The number of para-hydroxylation sites is 2. The first-order chi connectivity index (χ1) is 7.78. The van der Waals surface area contributed by atoms with Crippen LogP contribution >= 0.6 is 0 Å². The number of aromatic amines is 1. The molecule has 0 amide bonds. The zero-order valence-corrected chi connectivity index (χ0v) is 9.79. The Morgan fingerprint density at radius 2 is 1.88 bits per heavy atom. The van der Waals surface area contributed by atoms with Crippen molar-refractivity contribution in [2.45, 2.75) is 44.4 Å². The molecule has 84 valence electrons. The number of imidazole rings is 1. The monoisotopic (exact) mass is 214 g/mol. The molecule has 1 aliphatic carbocycles. The predicted molar refractivity (Wildman–Crippen MR) is 66.5 cm³/mol. The van der Waals surface area contributed by atoms with E-state index < -0.39 is 0 Å². The van der Waals surface area contributed by atoms with Crippen LogP contribution in [0.5, 0.6) is 0 Å². The van der Waals surface area contributed by atoms with E-state index in [4.69, 9.17) is 4.98 Å². The molecule has 1 N–H and O–H groups in total. The molecule has 0 unspecified atom stereocenters. The summed E-state index contributed by atoms with van der Waals surface area (Å²) in [7, 11) is 0. The smallest absolute Gasteiger partial charge is 0.113 e. The molecule has 0 saturated heterocycles. The number of aromatic nitrogens is 2. The number of rotatable bonds is 1. The summed E-state index contributed by atoms with van der Waals surface area (Å²) in [5.74, 6) is 1.19. The van der Waals surface area contributed by atoms with Gasteiger partial charge in [0.2, 0.25) is 0 Å². The van der Waals surface area contributed by atoms with E-state index in [0.717, 1.165) is 5.52 Å². The van der Waals surface area contributed by atoms with Crippen LogP contribution in [0.25, 0.3) is 11.0 Å². The van der Waals surface area contributed by atoms with Gasteiger partial charge < -0.3 is 4.98 Å². The molecule has 1 aliphatic rings. The lowest BCUT2D eigenvalue weighted by molar-refractivity contribution is 0.306. The van der Waals surface area contributed by atoms with E-state index in [9.17, 15) is 0 Å². The predicted octanol–water partition coefficient (Wildman–Crippen LogP) is 3.78. The highest BCUT2D eigenvalue weighted by Crippen LogP contribution is 2.37. The molecule has 1 fully saturated rings. The van der Waals surface area contributed by atoms with Crippen molar-refractivity contribution in [3.8, 4) is 0 Å². The molecule has 1 saturated carbocycles. The second kappa shape index (κ2) is 3.62. The molecular weight excluding hydrogens is 196 g/mol. The summed E-state index contributed by atoms with van der Waals surface area (Å²) in [6.07, 6.45) is 6.61. The maximum atomic E-state index is 4.75. The van der Waals surface area contributed by atoms with E-state index in [1.165, 1.54) is 43.4 Å². The second-order valence-corrected chi connectivity index (χ2v) is 5.22. The van der Waals surface area contributed by atoms with Crippen molar-refractivity contribution in [2.24, 2.45) is 0 Å². The average molecular weight is 214 g/mol. The molecule has 0 radical (unpaired) electrons. The maximum absolute atomic E-state index is 4.75. The molecule has 3 rings (SSSR count). The molecule has 0 aliphatic heterocycles. The highest BCUT2D eigenvalue weighted by molar-refractivity contribution is 5.74. The Morgan fingerprint density at radius 1 is 1.12 bits per heavy atom. The van der Waals surface area contributed by atoms with Gasteiger partial charge in [-0.05, 0) is 25.0 Å². The SMILES string of the molecule is CC1(c2nc3ccccc3[nH]2)CCCCC1. The molecule has 0 bridgehead atoms. The van der Waals surface area contributed by atoms with Crippen molar-refractivity contribution in [3.05, 3.63) is 30.1 Å². The molecule has 1 aromatic heterocycles. The lowest BCUT2D eigenvalue weighted by Crippen LogP contribution is -2.26. The Hall–Kier alpha value is -1.31. The normalized spacial score (nSPS) is 20.1. The van der Waals surface area contributed by atoms with Gasteiger partial charge in [0.25, 0.3) is 0 Å².